The zero-order valence-corrected chi connectivity index (χ0v) is 12.4. The number of ether oxygens (including phenoxy) is 1. The molecule has 4 nitrogen and oxygen atoms in total. The van der Waals surface area contributed by atoms with Crippen molar-refractivity contribution in [2.45, 2.75) is 36.8 Å². The molecule has 0 unspecified atom stereocenters. The van der Waals surface area contributed by atoms with Gasteiger partial charge in [0.2, 0.25) is 10.0 Å². The first-order valence-electron chi connectivity index (χ1n) is 6.88. The maximum atomic E-state index is 12.8. The van der Waals surface area contributed by atoms with Gasteiger partial charge in [0.1, 0.15) is 0 Å². The second-order valence-electron chi connectivity index (χ2n) is 5.52. The van der Waals surface area contributed by atoms with Gasteiger partial charge in [0.15, 0.2) is 0 Å². The average Bonchev–Trinajstić information content (AvgIpc) is 2.78. The molecule has 2 atom stereocenters. The van der Waals surface area contributed by atoms with Crippen molar-refractivity contribution >= 4 is 10.0 Å². The molecule has 5 heteroatoms. The Hall–Kier alpha value is -1.17. The lowest BCUT2D eigenvalue weighted by Crippen LogP contribution is -2.42. The van der Waals surface area contributed by atoms with E-state index in [1.54, 1.807) is 16.4 Å². The topological polar surface area (TPSA) is 46.6 Å². The number of nitrogens with zero attached hydrogens (tertiary/aromatic N) is 1. The predicted molar refractivity (Wildman–Crippen MR) is 77.0 cm³/mol. The van der Waals surface area contributed by atoms with Gasteiger partial charge in [0.05, 0.1) is 17.0 Å². The molecule has 2 fully saturated rings. The van der Waals surface area contributed by atoms with Crippen LogP contribution in [0.2, 0.25) is 0 Å². The quantitative estimate of drug-likeness (QED) is 0.785. The number of fused-ring (bicyclic) bond motifs is 1. The number of hydrogen-bond acceptors (Lipinski definition) is 3. The van der Waals surface area contributed by atoms with Crippen molar-refractivity contribution in [2.24, 2.45) is 0 Å². The summed E-state index contributed by atoms with van der Waals surface area (Å²) in [7, 11) is -3.47. The summed E-state index contributed by atoms with van der Waals surface area (Å²) in [6, 6.07) is 6.90. The average molecular weight is 293 g/mol. The molecule has 0 amide bonds. The largest absolute Gasteiger partial charge is 0.372 e. The molecule has 0 aromatic heterocycles. The Morgan fingerprint density at radius 1 is 1.30 bits per heavy atom. The first-order valence-corrected chi connectivity index (χ1v) is 8.32. The van der Waals surface area contributed by atoms with Gasteiger partial charge in [-0.15, -0.1) is 0 Å². The molecule has 0 bridgehead atoms. The van der Waals surface area contributed by atoms with Crippen molar-refractivity contribution in [1.82, 2.24) is 4.31 Å². The van der Waals surface area contributed by atoms with E-state index < -0.39 is 10.0 Å². The third-order valence-corrected chi connectivity index (χ3v) is 5.94. The van der Waals surface area contributed by atoms with Crippen LogP contribution in [-0.2, 0) is 14.8 Å². The van der Waals surface area contributed by atoms with Crippen LogP contribution in [0.1, 0.15) is 18.4 Å². The van der Waals surface area contributed by atoms with Crippen molar-refractivity contribution in [3.05, 3.63) is 42.0 Å². The lowest BCUT2D eigenvalue weighted by Gasteiger charge is -2.30. The van der Waals surface area contributed by atoms with Gasteiger partial charge in [0.25, 0.3) is 0 Å². The fraction of sp³-hybridized carbons (Fsp3) is 0.467. The van der Waals surface area contributed by atoms with E-state index in [-0.39, 0.29) is 12.1 Å². The molecule has 2 aliphatic rings. The van der Waals surface area contributed by atoms with E-state index in [0.29, 0.717) is 18.0 Å². The maximum Gasteiger partial charge on any atom is 0.243 e. The van der Waals surface area contributed by atoms with Crippen molar-refractivity contribution in [3.63, 3.8) is 0 Å². The summed E-state index contributed by atoms with van der Waals surface area (Å²) in [4.78, 5) is 0.349. The second-order valence-corrected chi connectivity index (χ2v) is 7.41. The van der Waals surface area contributed by atoms with Crippen molar-refractivity contribution < 1.29 is 13.2 Å². The highest BCUT2D eigenvalue weighted by atomic mass is 32.2. The SMILES string of the molecule is C=C1CN(S(=O)(=O)c2ccc(C)cc2)[C@@H]2CCCO[C@H]12. The molecule has 2 aliphatic heterocycles. The van der Waals surface area contributed by atoms with Crippen LogP contribution in [0, 0.1) is 6.92 Å². The van der Waals surface area contributed by atoms with Crippen LogP contribution in [0.25, 0.3) is 0 Å². The van der Waals surface area contributed by atoms with E-state index in [1.165, 1.54) is 0 Å². The van der Waals surface area contributed by atoms with Crippen LogP contribution in [0.3, 0.4) is 0 Å². The summed E-state index contributed by atoms with van der Waals surface area (Å²) in [5.74, 6) is 0. The Balaban J connectivity index is 1.95. The van der Waals surface area contributed by atoms with E-state index in [2.05, 4.69) is 6.58 Å². The van der Waals surface area contributed by atoms with Crippen molar-refractivity contribution in [2.75, 3.05) is 13.2 Å². The molecule has 0 N–H and O–H groups in total. The highest BCUT2D eigenvalue weighted by Gasteiger charge is 2.45. The number of benzene rings is 1. The van der Waals surface area contributed by atoms with E-state index in [1.807, 2.05) is 19.1 Å². The van der Waals surface area contributed by atoms with Gasteiger partial charge in [-0.05, 0) is 37.5 Å². The lowest BCUT2D eigenvalue weighted by molar-refractivity contribution is 0.0170. The van der Waals surface area contributed by atoms with E-state index in [9.17, 15) is 8.42 Å². The third-order valence-electron chi connectivity index (χ3n) is 4.05. The fourth-order valence-electron chi connectivity index (χ4n) is 2.97. The normalized spacial score (nSPS) is 27.6. The molecule has 2 heterocycles. The lowest BCUT2D eigenvalue weighted by atomic mass is 10.0. The van der Waals surface area contributed by atoms with E-state index >= 15 is 0 Å². The van der Waals surface area contributed by atoms with E-state index in [0.717, 1.165) is 24.0 Å². The molecule has 1 aromatic rings. The van der Waals surface area contributed by atoms with Crippen LogP contribution >= 0.6 is 0 Å². The monoisotopic (exact) mass is 293 g/mol. The van der Waals surface area contributed by atoms with Gasteiger partial charge in [-0.3, -0.25) is 0 Å². The maximum absolute atomic E-state index is 12.8. The zero-order valence-electron chi connectivity index (χ0n) is 11.6. The van der Waals surface area contributed by atoms with Crippen LogP contribution in [-0.4, -0.2) is 38.0 Å². The molecule has 108 valence electrons. The van der Waals surface area contributed by atoms with Crippen molar-refractivity contribution in [1.29, 1.82) is 0 Å². The summed E-state index contributed by atoms with van der Waals surface area (Å²) in [5.41, 5.74) is 1.92. The van der Waals surface area contributed by atoms with Gasteiger partial charge >= 0.3 is 0 Å². The standard InChI is InChI=1S/C15H19NO3S/c1-11-5-7-13(8-6-11)20(17,18)16-10-12(2)15-14(16)4-3-9-19-15/h5-8,14-15H,2-4,9-10H2,1H3/t14-,15-/m1/s1. The van der Waals surface area contributed by atoms with Crippen LogP contribution < -0.4 is 0 Å². The highest BCUT2D eigenvalue weighted by Crippen LogP contribution is 2.35. The van der Waals surface area contributed by atoms with E-state index in [4.69, 9.17) is 4.74 Å². The number of sulfonamides is 1. The van der Waals surface area contributed by atoms with Gasteiger partial charge in [0, 0.05) is 13.2 Å². The Bertz CT molecular complexity index is 621. The van der Waals surface area contributed by atoms with Gasteiger partial charge < -0.3 is 4.74 Å². The second kappa shape index (κ2) is 4.98. The summed E-state index contributed by atoms with van der Waals surface area (Å²) < 4.78 is 32.8. The Morgan fingerprint density at radius 2 is 2.00 bits per heavy atom. The molecular weight excluding hydrogens is 274 g/mol. The molecule has 20 heavy (non-hydrogen) atoms. The molecule has 0 aliphatic carbocycles. The molecular formula is C15H19NO3S. The minimum atomic E-state index is -3.47. The van der Waals surface area contributed by atoms with Gasteiger partial charge in [-0.2, -0.15) is 4.31 Å². The molecule has 3 rings (SSSR count). The van der Waals surface area contributed by atoms with Crippen LogP contribution in [0.15, 0.2) is 41.3 Å². The minimum Gasteiger partial charge on any atom is -0.372 e. The summed E-state index contributed by atoms with van der Waals surface area (Å²) in [6.07, 6.45) is 1.60. The number of rotatable bonds is 2. The molecule has 0 spiro atoms. The number of hydrogen-bond donors (Lipinski definition) is 0. The molecule has 0 saturated carbocycles. The minimum absolute atomic E-state index is 0.0949. The van der Waals surface area contributed by atoms with Gasteiger partial charge in [-0.25, -0.2) is 8.42 Å². The summed E-state index contributed by atoms with van der Waals surface area (Å²) >= 11 is 0. The Kier molecular flexibility index (Phi) is 3.44. The summed E-state index contributed by atoms with van der Waals surface area (Å²) in [6.45, 7) is 6.98. The van der Waals surface area contributed by atoms with Gasteiger partial charge in [-0.1, -0.05) is 24.3 Å². The fourth-order valence-corrected chi connectivity index (χ4v) is 4.63. The zero-order chi connectivity index (χ0) is 14.3. The molecule has 1 aromatic carbocycles. The smallest absolute Gasteiger partial charge is 0.243 e. The number of aryl methyl sites for hydroxylation is 1. The third kappa shape index (κ3) is 2.20. The Labute approximate surface area is 120 Å². The highest BCUT2D eigenvalue weighted by molar-refractivity contribution is 7.89. The van der Waals surface area contributed by atoms with Crippen LogP contribution in [0.5, 0.6) is 0 Å². The van der Waals surface area contributed by atoms with Crippen LogP contribution in [0.4, 0.5) is 0 Å². The first-order chi connectivity index (χ1) is 9.50. The predicted octanol–water partition coefficient (Wildman–Crippen LogP) is 2.10. The van der Waals surface area contributed by atoms with Crippen molar-refractivity contribution in [3.8, 4) is 0 Å². The Morgan fingerprint density at radius 3 is 2.70 bits per heavy atom. The summed E-state index contributed by atoms with van der Waals surface area (Å²) in [5, 5.41) is 0. The first kappa shape index (κ1) is 13.8. The molecule has 2 saturated heterocycles. The molecule has 0 radical (unpaired) electrons.